The van der Waals surface area contributed by atoms with Crippen LogP contribution in [0.4, 0.5) is 0 Å². The summed E-state index contributed by atoms with van der Waals surface area (Å²) in [7, 11) is -1.89. The molecule has 0 amide bonds. The number of phenols is 2. The summed E-state index contributed by atoms with van der Waals surface area (Å²) in [5.41, 5.74) is -3.62. The normalized spacial score (nSPS) is 30.1. The first-order chi connectivity index (χ1) is 23.5. The van der Waals surface area contributed by atoms with Crippen LogP contribution >= 0.6 is 0 Å². The Morgan fingerprint density at radius 2 is 1.60 bits per heavy atom. The lowest BCUT2D eigenvalue weighted by molar-refractivity contribution is -0.321. The number of hydrazone groups is 1. The molecule has 0 bridgehead atoms. The van der Waals surface area contributed by atoms with Gasteiger partial charge in [-0.1, -0.05) is 29.8 Å². The number of ketones is 2. The van der Waals surface area contributed by atoms with E-state index in [0.29, 0.717) is 0 Å². The number of benzene rings is 3. The number of aliphatic hydroxyl groups is 3. The van der Waals surface area contributed by atoms with Gasteiger partial charge >= 0.3 is 0 Å². The second kappa shape index (κ2) is 12.8. The van der Waals surface area contributed by atoms with Crippen molar-refractivity contribution in [1.29, 1.82) is 0 Å². The minimum absolute atomic E-state index is 0.145. The van der Waals surface area contributed by atoms with Gasteiger partial charge in [0.05, 0.1) is 22.1 Å². The highest BCUT2D eigenvalue weighted by Gasteiger charge is 2.55. The number of aliphatic hydroxyl groups excluding tert-OH is 2. The predicted octanol–water partition coefficient (Wildman–Crippen LogP) is 1.18. The van der Waals surface area contributed by atoms with Crippen molar-refractivity contribution in [3.05, 3.63) is 87.5 Å². The van der Waals surface area contributed by atoms with E-state index in [9.17, 15) is 43.5 Å². The van der Waals surface area contributed by atoms with Gasteiger partial charge in [0.1, 0.15) is 53.3 Å². The Labute approximate surface area is 286 Å². The Morgan fingerprint density at radius 3 is 2.24 bits per heavy atom. The van der Waals surface area contributed by atoms with Crippen molar-refractivity contribution in [2.24, 2.45) is 5.10 Å². The number of carbonyl (C=O) groups is 2. The van der Waals surface area contributed by atoms with Crippen molar-refractivity contribution in [3.63, 3.8) is 0 Å². The highest BCUT2D eigenvalue weighted by molar-refractivity contribution is 7.89. The van der Waals surface area contributed by atoms with Crippen LogP contribution in [-0.2, 0) is 29.0 Å². The standard InChI is InChI=1S/C34H36N2O13S/c1-14-9-11-16(12-10-14)50(44,45)36-35-31-19-13-18-22(26(40)21-17(25(18)39)7-6-8-20(21)37)27(41)23(19)29(32(47-5)34(31,3)43)49-33-30(46-4)28(42)24(38)15(2)48-33/h6-13,15,24,28-30,32-33,36-38,41-43H,1-5H3/b35-31+/t15-,24-,28+,29+,30+,32-,33-,34+/m0/s1. The molecule has 1 saturated heterocycles. The van der Waals surface area contributed by atoms with Crippen molar-refractivity contribution < 1.29 is 62.5 Å². The lowest BCUT2D eigenvalue weighted by Crippen LogP contribution is -2.60. The molecule has 2 aliphatic carbocycles. The number of fused-ring (bicyclic) bond motifs is 3. The minimum atomic E-state index is -4.33. The van der Waals surface area contributed by atoms with Gasteiger partial charge in [-0.3, -0.25) is 9.59 Å². The van der Waals surface area contributed by atoms with Crippen LogP contribution in [0.2, 0.25) is 0 Å². The van der Waals surface area contributed by atoms with Gasteiger partial charge in [-0.05, 0) is 45.0 Å². The van der Waals surface area contributed by atoms with E-state index < -0.39 is 92.9 Å². The second-order valence-corrected chi connectivity index (χ2v) is 14.2. The molecule has 0 aromatic heterocycles. The third kappa shape index (κ3) is 5.57. The largest absolute Gasteiger partial charge is 0.507 e. The molecule has 8 atom stereocenters. The first-order valence-electron chi connectivity index (χ1n) is 15.5. The van der Waals surface area contributed by atoms with Gasteiger partial charge in [0.15, 0.2) is 12.1 Å². The van der Waals surface area contributed by atoms with E-state index in [1.54, 1.807) is 19.1 Å². The van der Waals surface area contributed by atoms with Gasteiger partial charge in [-0.25, -0.2) is 0 Å². The van der Waals surface area contributed by atoms with Crippen LogP contribution in [-0.4, -0.2) is 108 Å². The third-order valence-corrected chi connectivity index (χ3v) is 10.6. The molecule has 15 nitrogen and oxygen atoms in total. The van der Waals surface area contributed by atoms with E-state index in [1.807, 2.05) is 0 Å². The molecule has 16 heteroatoms. The highest BCUT2D eigenvalue weighted by Crippen LogP contribution is 2.49. The van der Waals surface area contributed by atoms with Crippen LogP contribution in [0.5, 0.6) is 11.5 Å². The Hall–Kier alpha value is -4.26. The molecule has 266 valence electrons. The molecule has 0 unspecified atom stereocenters. The number of aromatic hydroxyl groups is 2. The quantitative estimate of drug-likeness (QED) is 0.148. The Balaban J connectivity index is 1.58. The number of ether oxygens (including phenoxy) is 4. The lowest BCUT2D eigenvalue weighted by Gasteiger charge is -2.47. The van der Waals surface area contributed by atoms with Crippen molar-refractivity contribution in [2.75, 3.05) is 14.2 Å². The van der Waals surface area contributed by atoms with Crippen LogP contribution in [0, 0.1) is 6.92 Å². The zero-order valence-corrected chi connectivity index (χ0v) is 28.3. The molecule has 6 N–H and O–H groups in total. The molecule has 1 fully saturated rings. The van der Waals surface area contributed by atoms with Crippen LogP contribution in [0.1, 0.15) is 68.5 Å². The summed E-state index contributed by atoms with van der Waals surface area (Å²) in [5.74, 6) is -2.95. The number of nitrogens with one attached hydrogen (secondary N) is 1. The molecule has 0 saturated carbocycles. The number of rotatable bonds is 7. The molecule has 1 aliphatic heterocycles. The SMILES string of the molecule is CO[C@H]1[C@H](O[C@@H]2c3c(cc4c(c3O)C(=O)c3c(O)cccc3C4=O)/C(=N\NS(=O)(=O)c3ccc(C)cc3)[C@@](C)(O)[C@H]2OC)O[C@@H](C)[C@H](O)[C@H]1O. The lowest BCUT2D eigenvalue weighted by atomic mass is 9.71. The van der Waals surface area contributed by atoms with Crippen LogP contribution in [0.25, 0.3) is 0 Å². The number of nitrogens with zero attached hydrogens (tertiary/aromatic N) is 1. The van der Waals surface area contributed by atoms with Crippen molar-refractivity contribution in [3.8, 4) is 11.5 Å². The summed E-state index contributed by atoms with van der Waals surface area (Å²) in [6.07, 6.45) is -9.70. The zero-order valence-electron chi connectivity index (χ0n) is 27.5. The average Bonchev–Trinajstić information content (AvgIpc) is 3.05. The van der Waals surface area contributed by atoms with Gasteiger partial charge in [0.2, 0.25) is 5.78 Å². The maximum atomic E-state index is 13.9. The number of carbonyl (C=O) groups excluding carboxylic acids is 2. The zero-order chi connectivity index (χ0) is 36.4. The number of phenolic OH excluding ortho intramolecular Hbond substituents is 2. The Kier molecular flexibility index (Phi) is 9.11. The predicted molar refractivity (Wildman–Crippen MR) is 174 cm³/mol. The monoisotopic (exact) mass is 712 g/mol. The topological polar surface area (TPSA) is 231 Å². The molecule has 3 aromatic carbocycles. The summed E-state index contributed by atoms with van der Waals surface area (Å²) in [4.78, 5) is 29.7. The summed E-state index contributed by atoms with van der Waals surface area (Å²) in [5, 5.41) is 59.9. The van der Waals surface area contributed by atoms with Gasteiger partial charge in [0.25, 0.3) is 10.0 Å². The number of hydrogen-bond acceptors (Lipinski definition) is 14. The first kappa shape index (κ1) is 35.6. The molecular formula is C34H36N2O13S. The fraction of sp³-hybridized carbons (Fsp3) is 0.382. The number of aryl methyl sites for hydroxylation is 1. The Bertz CT molecular complexity index is 2010. The van der Waals surface area contributed by atoms with E-state index >= 15 is 0 Å². The fourth-order valence-electron chi connectivity index (χ4n) is 6.72. The highest BCUT2D eigenvalue weighted by atomic mass is 32.2. The van der Waals surface area contributed by atoms with Crippen molar-refractivity contribution >= 4 is 27.3 Å². The molecule has 0 spiro atoms. The smallest absolute Gasteiger partial charge is 0.276 e. The molecular weight excluding hydrogens is 676 g/mol. The summed E-state index contributed by atoms with van der Waals surface area (Å²) in [6.45, 7) is 4.49. The summed E-state index contributed by atoms with van der Waals surface area (Å²) < 4.78 is 49.8. The molecule has 50 heavy (non-hydrogen) atoms. The number of hydrogen-bond donors (Lipinski definition) is 6. The van der Waals surface area contributed by atoms with Gasteiger partial charge in [-0.2, -0.15) is 18.4 Å². The molecule has 6 rings (SSSR count). The van der Waals surface area contributed by atoms with Crippen LogP contribution in [0.3, 0.4) is 0 Å². The molecule has 3 aromatic rings. The van der Waals surface area contributed by atoms with E-state index in [0.717, 1.165) is 5.56 Å². The Morgan fingerprint density at radius 1 is 0.920 bits per heavy atom. The van der Waals surface area contributed by atoms with Gasteiger partial charge < -0.3 is 44.5 Å². The van der Waals surface area contributed by atoms with Crippen molar-refractivity contribution in [1.82, 2.24) is 4.83 Å². The van der Waals surface area contributed by atoms with E-state index in [4.69, 9.17) is 18.9 Å². The van der Waals surface area contributed by atoms with E-state index in [2.05, 4.69) is 9.93 Å². The van der Waals surface area contributed by atoms with Gasteiger partial charge in [0, 0.05) is 36.5 Å². The summed E-state index contributed by atoms with van der Waals surface area (Å²) >= 11 is 0. The van der Waals surface area contributed by atoms with Crippen molar-refractivity contribution in [2.45, 2.75) is 74.2 Å². The fourth-order valence-corrected chi connectivity index (χ4v) is 7.53. The van der Waals surface area contributed by atoms with E-state index in [-0.39, 0.29) is 32.7 Å². The average molecular weight is 713 g/mol. The maximum absolute atomic E-state index is 13.9. The molecule has 3 aliphatic rings. The third-order valence-electron chi connectivity index (χ3n) is 9.37. The molecule has 0 radical (unpaired) electrons. The summed E-state index contributed by atoms with van der Waals surface area (Å²) in [6, 6.07) is 11.0. The van der Waals surface area contributed by atoms with Gasteiger partial charge in [-0.15, -0.1) is 0 Å². The van der Waals surface area contributed by atoms with Crippen LogP contribution in [0.15, 0.2) is 58.5 Å². The van der Waals surface area contributed by atoms with E-state index in [1.165, 1.54) is 64.5 Å². The number of methoxy groups -OCH3 is 2. The molecule has 1 heterocycles. The van der Waals surface area contributed by atoms with Crippen LogP contribution < -0.4 is 4.83 Å². The number of sulfonamides is 1. The first-order valence-corrected chi connectivity index (χ1v) is 17.0. The second-order valence-electron chi connectivity index (χ2n) is 12.6. The maximum Gasteiger partial charge on any atom is 0.276 e. The minimum Gasteiger partial charge on any atom is -0.507 e.